The SMILES string of the molecule is CC(C)c1cc(C(C)C)n(CCP(c2ccccc2)c2ccccc2)n1. The molecule has 0 N–H and O–H groups in total. The van der Waals surface area contributed by atoms with Crippen LogP contribution < -0.4 is 10.6 Å². The van der Waals surface area contributed by atoms with E-state index in [9.17, 15) is 0 Å². The molecule has 1 heterocycles. The number of nitrogens with zero attached hydrogens (tertiary/aromatic N) is 2. The highest BCUT2D eigenvalue weighted by Gasteiger charge is 2.17. The maximum Gasteiger partial charge on any atom is 0.0652 e. The topological polar surface area (TPSA) is 17.8 Å². The predicted octanol–water partition coefficient (Wildman–Crippen LogP) is 5.26. The average Bonchev–Trinajstić information content (AvgIpc) is 3.09. The average molecular weight is 364 g/mol. The molecule has 1 aromatic heterocycles. The van der Waals surface area contributed by atoms with Crippen LogP contribution in [0.4, 0.5) is 0 Å². The zero-order valence-corrected chi connectivity index (χ0v) is 17.2. The summed E-state index contributed by atoms with van der Waals surface area (Å²) in [6.45, 7) is 9.93. The fraction of sp³-hybridized carbons (Fsp3) is 0.348. The molecule has 3 rings (SSSR count). The van der Waals surface area contributed by atoms with E-state index in [2.05, 4.69) is 99.1 Å². The summed E-state index contributed by atoms with van der Waals surface area (Å²) in [5, 5.41) is 7.80. The Kier molecular flexibility index (Phi) is 6.27. The van der Waals surface area contributed by atoms with Gasteiger partial charge in [-0.1, -0.05) is 88.4 Å². The molecule has 3 heteroatoms. The molecule has 26 heavy (non-hydrogen) atoms. The molecular formula is C23H29N2P. The lowest BCUT2D eigenvalue weighted by atomic mass is 10.1. The van der Waals surface area contributed by atoms with Crippen LogP contribution in [0.2, 0.25) is 0 Å². The van der Waals surface area contributed by atoms with E-state index in [4.69, 9.17) is 5.10 Å². The first-order valence-corrected chi connectivity index (χ1v) is 11.0. The van der Waals surface area contributed by atoms with Gasteiger partial charge in [-0.2, -0.15) is 5.10 Å². The van der Waals surface area contributed by atoms with Gasteiger partial charge in [0.05, 0.1) is 5.69 Å². The zero-order chi connectivity index (χ0) is 18.5. The molecule has 0 saturated carbocycles. The van der Waals surface area contributed by atoms with Crippen molar-refractivity contribution in [1.29, 1.82) is 0 Å². The maximum absolute atomic E-state index is 4.92. The first-order valence-electron chi connectivity index (χ1n) is 9.51. The van der Waals surface area contributed by atoms with Crippen molar-refractivity contribution >= 4 is 18.5 Å². The molecule has 0 fully saturated rings. The van der Waals surface area contributed by atoms with Crippen molar-refractivity contribution in [2.75, 3.05) is 6.16 Å². The summed E-state index contributed by atoms with van der Waals surface area (Å²) in [7, 11) is -0.373. The lowest BCUT2D eigenvalue weighted by Crippen LogP contribution is -2.18. The summed E-state index contributed by atoms with van der Waals surface area (Å²) < 4.78 is 2.25. The molecule has 0 spiro atoms. The maximum atomic E-state index is 4.92. The van der Waals surface area contributed by atoms with E-state index in [1.165, 1.54) is 22.0 Å². The monoisotopic (exact) mass is 364 g/mol. The van der Waals surface area contributed by atoms with Gasteiger partial charge < -0.3 is 0 Å². The third kappa shape index (κ3) is 4.43. The van der Waals surface area contributed by atoms with Gasteiger partial charge in [0.25, 0.3) is 0 Å². The van der Waals surface area contributed by atoms with Crippen LogP contribution >= 0.6 is 7.92 Å². The molecule has 0 aliphatic rings. The molecule has 2 nitrogen and oxygen atoms in total. The number of benzene rings is 2. The number of aromatic nitrogens is 2. The minimum absolute atomic E-state index is 0.373. The Morgan fingerprint density at radius 2 is 1.35 bits per heavy atom. The van der Waals surface area contributed by atoms with Crippen LogP contribution in [-0.2, 0) is 6.54 Å². The summed E-state index contributed by atoms with van der Waals surface area (Å²) in [4.78, 5) is 0. The van der Waals surface area contributed by atoms with E-state index in [0.717, 1.165) is 12.7 Å². The highest BCUT2D eigenvalue weighted by atomic mass is 31.1. The minimum atomic E-state index is -0.373. The predicted molar refractivity (Wildman–Crippen MR) is 114 cm³/mol. The summed E-state index contributed by atoms with van der Waals surface area (Å²) in [5.41, 5.74) is 2.56. The second kappa shape index (κ2) is 8.64. The van der Waals surface area contributed by atoms with Crippen LogP contribution in [0.25, 0.3) is 0 Å². The van der Waals surface area contributed by atoms with Crippen molar-refractivity contribution in [3.63, 3.8) is 0 Å². The molecular weight excluding hydrogens is 335 g/mol. The van der Waals surface area contributed by atoms with Crippen LogP contribution in [0.15, 0.2) is 66.7 Å². The van der Waals surface area contributed by atoms with Crippen LogP contribution in [0, 0.1) is 0 Å². The van der Waals surface area contributed by atoms with E-state index in [0.29, 0.717) is 11.8 Å². The van der Waals surface area contributed by atoms with Crippen LogP contribution in [0.1, 0.15) is 50.9 Å². The third-order valence-corrected chi connectivity index (χ3v) is 7.17. The molecule has 2 aromatic carbocycles. The molecule has 0 amide bonds. The van der Waals surface area contributed by atoms with Gasteiger partial charge in [-0.05, 0) is 42.6 Å². The van der Waals surface area contributed by atoms with E-state index in [1.807, 2.05) is 0 Å². The van der Waals surface area contributed by atoms with Crippen LogP contribution in [-0.4, -0.2) is 15.9 Å². The summed E-state index contributed by atoms with van der Waals surface area (Å²) in [6, 6.07) is 24.2. The summed E-state index contributed by atoms with van der Waals surface area (Å²) in [6.07, 6.45) is 1.11. The Morgan fingerprint density at radius 1 is 0.808 bits per heavy atom. The van der Waals surface area contributed by atoms with Crippen molar-refractivity contribution in [2.24, 2.45) is 0 Å². The van der Waals surface area contributed by atoms with E-state index in [1.54, 1.807) is 0 Å². The molecule has 136 valence electrons. The van der Waals surface area contributed by atoms with Gasteiger partial charge in [-0.25, -0.2) is 0 Å². The van der Waals surface area contributed by atoms with Gasteiger partial charge in [0.15, 0.2) is 0 Å². The molecule has 0 unspecified atom stereocenters. The minimum Gasteiger partial charge on any atom is -0.269 e. The van der Waals surface area contributed by atoms with Crippen molar-refractivity contribution in [2.45, 2.75) is 46.1 Å². The van der Waals surface area contributed by atoms with Crippen molar-refractivity contribution in [3.8, 4) is 0 Å². The van der Waals surface area contributed by atoms with E-state index < -0.39 is 0 Å². The van der Waals surface area contributed by atoms with Crippen molar-refractivity contribution in [1.82, 2.24) is 9.78 Å². The standard InChI is InChI=1S/C23H29N2P/c1-18(2)22-17-23(19(3)4)25(24-22)15-16-26(20-11-7-5-8-12-20)21-13-9-6-10-14-21/h5-14,17-19H,15-16H2,1-4H3. The summed E-state index contributed by atoms with van der Waals surface area (Å²) >= 11 is 0. The lowest BCUT2D eigenvalue weighted by molar-refractivity contribution is 0.590. The Bertz CT molecular complexity index is 767. The highest BCUT2D eigenvalue weighted by Crippen LogP contribution is 2.34. The Labute approximate surface area is 159 Å². The zero-order valence-electron chi connectivity index (χ0n) is 16.3. The fourth-order valence-corrected chi connectivity index (χ4v) is 5.46. The number of rotatable bonds is 7. The molecule has 3 aromatic rings. The van der Waals surface area contributed by atoms with Gasteiger partial charge in [0.2, 0.25) is 0 Å². The van der Waals surface area contributed by atoms with Gasteiger partial charge in [-0.15, -0.1) is 0 Å². The number of hydrogen-bond acceptors (Lipinski definition) is 1. The first-order chi connectivity index (χ1) is 12.6. The molecule has 0 aliphatic heterocycles. The fourth-order valence-electron chi connectivity index (χ4n) is 3.20. The van der Waals surface area contributed by atoms with Crippen molar-refractivity contribution in [3.05, 3.63) is 78.1 Å². The number of aryl methyl sites for hydroxylation is 1. The van der Waals surface area contributed by atoms with Gasteiger partial charge in [0.1, 0.15) is 0 Å². The Hall–Kier alpha value is -1.92. The van der Waals surface area contributed by atoms with Gasteiger partial charge >= 0.3 is 0 Å². The van der Waals surface area contributed by atoms with Crippen LogP contribution in [0.3, 0.4) is 0 Å². The largest absolute Gasteiger partial charge is 0.269 e. The first kappa shape index (κ1) is 18.9. The van der Waals surface area contributed by atoms with Crippen molar-refractivity contribution < 1.29 is 0 Å². The smallest absolute Gasteiger partial charge is 0.0652 e. The van der Waals surface area contributed by atoms with Gasteiger partial charge in [0, 0.05) is 12.2 Å². The molecule has 0 saturated heterocycles. The van der Waals surface area contributed by atoms with Gasteiger partial charge in [-0.3, -0.25) is 4.68 Å². The second-order valence-electron chi connectivity index (χ2n) is 7.35. The molecule has 0 radical (unpaired) electrons. The molecule has 0 aliphatic carbocycles. The van der Waals surface area contributed by atoms with E-state index >= 15 is 0 Å². The van der Waals surface area contributed by atoms with E-state index in [-0.39, 0.29) is 7.92 Å². The Morgan fingerprint density at radius 3 is 1.81 bits per heavy atom. The quantitative estimate of drug-likeness (QED) is 0.523. The van der Waals surface area contributed by atoms with Crippen LogP contribution in [0.5, 0.6) is 0 Å². The lowest BCUT2D eigenvalue weighted by Gasteiger charge is -2.20. The highest BCUT2D eigenvalue weighted by molar-refractivity contribution is 7.73. The second-order valence-corrected chi connectivity index (χ2v) is 9.69. The normalized spacial score (nSPS) is 11.7. The molecule has 0 atom stereocenters. The number of hydrogen-bond donors (Lipinski definition) is 0. The Balaban J connectivity index is 1.87. The third-order valence-electron chi connectivity index (χ3n) is 4.68. The molecule has 0 bridgehead atoms. The summed E-state index contributed by atoms with van der Waals surface area (Å²) in [5.74, 6) is 0.966.